The minimum atomic E-state index is -3.80. The summed E-state index contributed by atoms with van der Waals surface area (Å²) in [4.78, 5) is 0. The van der Waals surface area contributed by atoms with E-state index in [1.807, 2.05) is 109 Å². The molecule has 0 saturated carbocycles. The summed E-state index contributed by atoms with van der Waals surface area (Å²) < 4.78 is 51.8. The van der Waals surface area contributed by atoms with Crippen LogP contribution in [0.2, 0.25) is 0 Å². The van der Waals surface area contributed by atoms with Gasteiger partial charge in [-0.15, -0.1) is 0 Å². The normalized spacial score (nSPS) is 13.7. The van der Waals surface area contributed by atoms with Gasteiger partial charge in [-0.2, -0.15) is 0 Å². The molecule has 0 saturated heterocycles. The van der Waals surface area contributed by atoms with E-state index in [2.05, 4.69) is 30.7 Å². The van der Waals surface area contributed by atoms with Crippen LogP contribution < -0.4 is 0 Å². The van der Waals surface area contributed by atoms with E-state index >= 15 is 0 Å². The fourth-order valence-corrected chi connectivity index (χ4v) is 3.98. The van der Waals surface area contributed by atoms with Gasteiger partial charge in [-0.1, -0.05) is 109 Å². The average Bonchev–Trinajstić information content (AvgIpc) is 2.87. The third-order valence-electron chi connectivity index (χ3n) is 4.86. The average molecular weight is 618 g/mol. The van der Waals surface area contributed by atoms with Gasteiger partial charge >= 0.3 is 16.8 Å². The molecule has 0 aromatic heterocycles. The maximum atomic E-state index is 10.7. The van der Waals surface area contributed by atoms with Crippen molar-refractivity contribution >= 4 is 40.5 Å². The van der Waals surface area contributed by atoms with Gasteiger partial charge in [0.15, 0.2) is 0 Å². The fourth-order valence-electron chi connectivity index (χ4n) is 3.13. The van der Waals surface area contributed by atoms with Gasteiger partial charge in [0.2, 0.25) is 0 Å². The summed E-state index contributed by atoms with van der Waals surface area (Å²) in [6, 6.07) is 34.8. The van der Waals surface area contributed by atoms with Gasteiger partial charge in [-0.05, 0) is 55.8 Å². The quantitative estimate of drug-likeness (QED) is 0.262. The largest absolute Gasteiger partial charge is 2.00 e. The van der Waals surface area contributed by atoms with Crippen molar-refractivity contribution in [1.29, 1.82) is 0 Å². The maximum absolute atomic E-state index is 10.7. The predicted octanol–water partition coefficient (Wildman–Crippen LogP) is 5.32. The first-order valence-electron chi connectivity index (χ1n) is 10.6. The van der Waals surface area contributed by atoms with E-state index in [0.29, 0.717) is 0 Å². The molecular formula is C26H22CoO6S4. The molecule has 4 aromatic carbocycles. The molecule has 0 fully saturated rings. The second-order valence-electron chi connectivity index (χ2n) is 7.47. The van der Waals surface area contributed by atoms with E-state index in [-0.39, 0.29) is 30.0 Å². The van der Waals surface area contributed by atoms with Gasteiger partial charge in [0.05, 0.1) is 31.3 Å². The second-order valence-corrected chi connectivity index (χ2v) is 12.0. The third-order valence-corrected chi connectivity index (χ3v) is 6.25. The second kappa shape index (κ2) is 14.8. The SMILES string of the molecule is O=S([O-])(=S)OCc1ccc(-c2ccccc2)cc1.O=S([O-])(=S)OCc1ccc(-c2ccccc2)cc1.[Co+2]. The summed E-state index contributed by atoms with van der Waals surface area (Å²) in [7, 11) is -7.60. The molecule has 0 heterocycles. The molecular weight excluding hydrogens is 595 g/mol. The van der Waals surface area contributed by atoms with Crippen molar-refractivity contribution in [3.63, 3.8) is 0 Å². The number of hydrogen-bond donors (Lipinski definition) is 0. The molecule has 2 atom stereocenters. The van der Waals surface area contributed by atoms with Crippen molar-refractivity contribution in [3.05, 3.63) is 120 Å². The maximum Gasteiger partial charge on any atom is 2.00 e. The van der Waals surface area contributed by atoms with E-state index in [4.69, 9.17) is 0 Å². The number of benzene rings is 4. The van der Waals surface area contributed by atoms with Gasteiger partial charge < -0.3 is 9.11 Å². The minimum Gasteiger partial charge on any atom is -0.748 e. The molecule has 1 radical (unpaired) electrons. The first kappa shape index (κ1) is 31.2. The van der Waals surface area contributed by atoms with Crippen LogP contribution in [0.3, 0.4) is 0 Å². The fraction of sp³-hybridized carbons (Fsp3) is 0.0769. The number of hydrogen-bond acceptors (Lipinski definition) is 8. The van der Waals surface area contributed by atoms with E-state index in [1.165, 1.54) is 0 Å². The Morgan fingerprint density at radius 2 is 0.784 bits per heavy atom. The van der Waals surface area contributed by atoms with Gasteiger partial charge in [-0.25, -0.2) is 8.42 Å². The van der Waals surface area contributed by atoms with Crippen LogP contribution in [-0.4, -0.2) is 17.5 Å². The van der Waals surface area contributed by atoms with Crippen LogP contribution in [0.4, 0.5) is 0 Å². The standard InChI is InChI=1S/2C13H12O3S2.Co/c2*14-18(15,17)16-10-11-6-8-13(9-7-11)12-4-2-1-3-5-12;/h2*1-9H,10H2,(H,14,15,17);/q;;+2/p-2. The summed E-state index contributed by atoms with van der Waals surface area (Å²) in [6.45, 7) is -0.0538. The smallest absolute Gasteiger partial charge is 0.748 e. The monoisotopic (exact) mass is 617 g/mol. The molecule has 0 aliphatic heterocycles. The molecule has 6 nitrogen and oxygen atoms in total. The third kappa shape index (κ3) is 11.9. The number of rotatable bonds is 8. The first-order valence-corrected chi connectivity index (χ1v) is 15.2. The van der Waals surface area contributed by atoms with Crippen LogP contribution in [0.1, 0.15) is 11.1 Å². The zero-order valence-electron chi connectivity index (χ0n) is 19.2. The molecule has 4 rings (SSSR count). The zero-order valence-corrected chi connectivity index (χ0v) is 23.5. The summed E-state index contributed by atoms with van der Waals surface area (Å²) in [5, 5.41) is 0. The van der Waals surface area contributed by atoms with Crippen molar-refractivity contribution < 1.29 is 42.7 Å². The molecule has 2 unspecified atom stereocenters. The molecule has 0 aliphatic carbocycles. The Morgan fingerprint density at radius 1 is 0.514 bits per heavy atom. The minimum absolute atomic E-state index is 0. The Balaban J connectivity index is 0.000000253. The van der Waals surface area contributed by atoms with Crippen molar-refractivity contribution in [2.24, 2.45) is 0 Å². The molecule has 0 bridgehead atoms. The summed E-state index contributed by atoms with van der Waals surface area (Å²) in [5.74, 6) is 0. The van der Waals surface area contributed by atoms with E-state index in [1.54, 1.807) is 0 Å². The molecule has 0 amide bonds. The Labute approximate surface area is 237 Å². The molecule has 0 spiro atoms. The zero-order chi connectivity index (χ0) is 26.0. The van der Waals surface area contributed by atoms with Crippen LogP contribution in [0.15, 0.2) is 109 Å². The van der Waals surface area contributed by atoms with Crippen LogP contribution in [0.25, 0.3) is 22.3 Å². The van der Waals surface area contributed by atoms with Crippen LogP contribution in [0, 0.1) is 0 Å². The molecule has 4 aromatic rings. The molecule has 195 valence electrons. The Bertz CT molecular complexity index is 1330. The van der Waals surface area contributed by atoms with Crippen molar-refractivity contribution in [2.75, 3.05) is 0 Å². The van der Waals surface area contributed by atoms with Crippen LogP contribution in [0.5, 0.6) is 0 Å². The summed E-state index contributed by atoms with van der Waals surface area (Å²) in [5.41, 5.74) is 5.90. The predicted molar refractivity (Wildman–Crippen MR) is 146 cm³/mol. The Kier molecular flexibility index (Phi) is 12.5. The molecule has 0 N–H and O–H groups in total. The van der Waals surface area contributed by atoms with Gasteiger partial charge in [0, 0.05) is 0 Å². The van der Waals surface area contributed by atoms with Gasteiger partial charge in [0.1, 0.15) is 0 Å². The van der Waals surface area contributed by atoms with E-state index < -0.39 is 18.1 Å². The Morgan fingerprint density at radius 3 is 1.05 bits per heavy atom. The van der Waals surface area contributed by atoms with Crippen molar-refractivity contribution in [1.82, 2.24) is 0 Å². The van der Waals surface area contributed by atoms with Crippen molar-refractivity contribution in [2.45, 2.75) is 13.2 Å². The summed E-state index contributed by atoms with van der Waals surface area (Å²) in [6.07, 6.45) is 0. The molecule has 11 heteroatoms. The van der Waals surface area contributed by atoms with Gasteiger partial charge in [-0.3, -0.25) is 8.37 Å². The first-order chi connectivity index (χ1) is 17.1. The van der Waals surface area contributed by atoms with Crippen LogP contribution in [-0.2, 0) is 78.8 Å². The van der Waals surface area contributed by atoms with E-state index in [9.17, 15) is 17.5 Å². The van der Waals surface area contributed by atoms with Crippen molar-refractivity contribution in [3.8, 4) is 22.3 Å². The molecule has 37 heavy (non-hydrogen) atoms. The topological polar surface area (TPSA) is 98.7 Å². The van der Waals surface area contributed by atoms with E-state index in [0.717, 1.165) is 33.4 Å². The van der Waals surface area contributed by atoms with Gasteiger partial charge in [0.25, 0.3) is 0 Å². The van der Waals surface area contributed by atoms with Crippen LogP contribution >= 0.6 is 0 Å². The Hall–Kier alpha value is -2.03. The summed E-state index contributed by atoms with van der Waals surface area (Å²) >= 11 is 8.27. The molecule has 0 aliphatic rings.